The molecule has 0 aliphatic carbocycles. The van der Waals surface area contributed by atoms with Crippen molar-refractivity contribution in [2.45, 2.75) is 26.9 Å². The standard InChI is InChI=1S/C30H24N2O6S4Si/c1-5-31-17(27(33)41-29(31)35)11-15-7-9-19(37-15)21-13-23-25(39-21)26-24(43(23,3)4)14-22(40-26)20-10-8-16(38-20)12-18-28(34)42-30(36)32(18)6-2/h7-14H,5-6H2,1-4H3/b17-11-,18-12-/i11D,12D. The summed E-state index contributed by atoms with van der Waals surface area (Å²) < 4.78 is 29.4. The maximum atomic E-state index is 12.4. The Bertz CT molecular complexity index is 1910. The third-order valence-electron chi connectivity index (χ3n) is 7.56. The third-order valence-corrected chi connectivity index (χ3v) is 15.4. The second-order valence-corrected chi connectivity index (χ2v) is 18.7. The van der Waals surface area contributed by atoms with E-state index < -0.39 is 18.3 Å². The zero-order chi connectivity index (χ0) is 31.9. The minimum absolute atomic E-state index is 0.0473. The molecule has 218 valence electrons. The molecule has 8 nitrogen and oxygen atoms in total. The highest BCUT2D eigenvalue weighted by atomic mass is 32.2. The van der Waals surface area contributed by atoms with Crippen LogP contribution < -0.4 is 10.4 Å². The van der Waals surface area contributed by atoms with Crippen molar-refractivity contribution in [2.24, 2.45) is 0 Å². The average molecular weight is 667 g/mol. The first-order valence-corrected chi connectivity index (χ1v) is 19.7. The molecular formula is C30H24N2O6S4Si. The van der Waals surface area contributed by atoms with Gasteiger partial charge in [0.1, 0.15) is 42.5 Å². The summed E-state index contributed by atoms with van der Waals surface area (Å²) in [6, 6.07) is 11.0. The lowest BCUT2D eigenvalue weighted by Crippen LogP contribution is -2.48. The summed E-state index contributed by atoms with van der Waals surface area (Å²) in [5.41, 5.74) is 0.0946. The van der Waals surface area contributed by atoms with Crippen molar-refractivity contribution in [3.8, 4) is 31.0 Å². The lowest BCUT2D eigenvalue weighted by atomic mass is 10.3. The molecule has 3 aliphatic heterocycles. The Morgan fingerprint density at radius 1 is 0.744 bits per heavy atom. The van der Waals surface area contributed by atoms with Gasteiger partial charge in [-0.1, -0.05) is 13.1 Å². The van der Waals surface area contributed by atoms with Crippen LogP contribution in [-0.4, -0.2) is 51.7 Å². The third kappa shape index (κ3) is 4.56. The molecule has 13 heteroatoms. The van der Waals surface area contributed by atoms with Crippen molar-refractivity contribution in [1.29, 1.82) is 0 Å². The molecule has 0 unspecified atom stereocenters. The highest BCUT2D eigenvalue weighted by Crippen LogP contribution is 2.45. The molecule has 2 saturated heterocycles. The van der Waals surface area contributed by atoms with Gasteiger partial charge < -0.3 is 8.83 Å². The number of furan rings is 2. The molecular weight excluding hydrogens is 641 g/mol. The molecule has 43 heavy (non-hydrogen) atoms. The smallest absolute Gasteiger partial charge is 0.294 e. The van der Waals surface area contributed by atoms with E-state index in [0.717, 1.165) is 9.75 Å². The molecule has 0 saturated carbocycles. The Kier molecular flexibility index (Phi) is 6.29. The average Bonchev–Trinajstić information content (AvgIpc) is 3.82. The van der Waals surface area contributed by atoms with E-state index >= 15 is 0 Å². The number of thioether (sulfide) groups is 2. The van der Waals surface area contributed by atoms with Crippen molar-refractivity contribution < 1.29 is 30.8 Å². The zero-order valence-electron chi connectivity index (χ0n) is 25.4. The summed E-state index contributed by atoms with van der Waals surface area (Å²) in [7, 11) is -2.08. The van der Waals surface area contributed by atoms with Gasteiger partial charge in [-0.3, -0.25) is 29.0 Å². The number of nitrogens with zero attached hydrogens (tertiary/aromatic N) is 2. The fourth-order valence-corrected chi connectivity index (χ4v) is 13.9. The molecule has 0 bridgehead atoms. The van der Waals surface area contributed by atoms with E-state index in [0.29, 0.717) is 48.1 Å². The molecule has 2 amide bonds. The fourth-order valence-electron chi connectivity index (χ4n) is 5.32. The molecule has 0 aromatic carbocycles. The number of carbonyl (C=O) groups is 4. The Hall–Kier alpha value is -3.36. The molecule has 3 aliphatic rings. The summed E-state index contributed by atoms with van der Waals surface area (Å²) in [4.78, 5) is 55.9. The van der Waals surface area contributed by atoms with Crippen molar-refractivity contribution in [3.05, 3.63) is 59.3 Å². The second kappa shape index (κ2) is 10.4. The SMILES string of the molecule is [2H]/C(=C1\C(=O)SC(=O)N1CC)c1ccc(-c2cc3c(s2)-c2sc(-c4ccc(/C([2H])=C5/C(=O)SC(=O)N5CC)o4)cc2[Si]3(C)C)o1. The van der Waals surface area contributed by atoms with Crippen molar-refractivity contribution in [1.82, 2.24) is 9.80 Å². The van der Waals surface area contributed by atoms with Crippen LogP contribution in [-0.2, 0) is 9.59 Å². The van der Waals surface area contributed by atoms with Crippen LogP contribution in [0, 0.1) is 0 Å². The number of thiophene rings is 2. The Morgan fingerprint density at radius 3 is 1.56 bits per heavy atom. The van der Waals surface area contributed by atoms with E-state index in [1.807, 2.05) is 0 Å². The van der Waals surface area contributed by atoms with Crippen LogP contribution in [0.2, 0.25) is 13.1 Å². The molecule has 4 aromatic rings. The van der Waals surface area contributed by atoms with E-state index in [1.54, 1.807) is 60.8 Å². The first-order valence-electron chi connectivity index (χ1n) is 14.4. The number of amides is 2. The van der Waals surface area contributed by atoms with Gasteiger partial charge in [0.15, 0.2) is 0 Å². The Morgan fingerprint density at radius 2 is 1.16 bits per heavy atom. The zero-order valence-corrected chi connectivity index (χ0v) is 27.6. The van der Waals surface area contributed by atoms with Crippen LogP contribution >= 0.6 is 46.2 Å². The molecule has 0 atom stereocenters. The molecule has 2 fully saturated rings. The lowest BCUT2D eigenvalue weighted by molar-refractivity contribution is -0.109. The number of hydrogen-bond acceptors (Lipinski definition) is 10. The van der Waals surface area contributed by atoms with Gasteiger partial charge in [-0.05, 0) is 60.6 Å². The van der Waals surface area contributed by atoms with Crippen molar-refractivity contribution in [3.63, 3.8) is 0 Å². The maximum absolute atomic E-state index is 12.4. The number of rotatable bonds is 6. The molecule has 4 aromatic heterocycles. The summed E-state index contributed by atoms with van der Waals surface area (Å²) in [6.07, 6.45) is 0. The van der Waals surface area contributed by atoms with E-state index in [4.69, 9.17) is 11.6 Å². The Balaban J connectivity index is 1.21. The molecule has 7 rings (SSSR count). The van der Waals surface area contributed by atoms with E-state index in [9.17, 15) is 19.2 Å². The highest BCUT2D eigenvalue weighted by molar-refractivity contribution is 8.27. The van der Waals surface area contributed by atoms with Crippen LogP contribution in [0.1, 0.15) is 28.1 Å². The predicted octanol–water partition coefficient (Wildman–Crippen LogP) is 7.25. The summed E-state index contributed by atoms with van der Waals surface area (Å²) in [6.45, 7) is 8.70. The molecule has 0 N–H and O–H groups in total. The van der Waals surface area contributed by atoms with Crippen LogP contribution in [0.5, 0.6) is 0 Å². The van der Waals surface area contributed by atoms with Gasteiger partial charge in [-0.15, -0.1) is 22.7 Å². The fraction of sp³-hybridized carbons (Fsp3) is 0.200. The quantitative estimate of drug-likeness (QED) is 0.157. The van der Waals surface area contributed by atoms with Gasteiger partial charge in [-0.25, -0.2) is 0 Å². The van der Waals surface area contributed by atoms with Crippen molar-refractivity contribution in [2.75, 3.05) is 13.1 Å². The van der Waals surface area contributed by atoms with Gasteiger partial charge in [-0.2, -0.15) is 0 Å². The second-order valence-electron chi connectivity index (χ2n) is 10.4. The normalized spacial score (nSPS) is 20.7. The minimum atomic E-state index is -2.08. The Labute approximate surface area is 267 Å². The molecule has 0 radical (unpaired) electrons. The van der Waals surface area contributed by atoms with Crippen LogP contribution in [0.15, 0.2) is 56.6 Å². The van der Waals surface area contributed by atoms with E-state index in [1.165, 1.54) is 29.9 Å². The summed E-state index contributed by atoms with van der Waals surface area (Å²) >= 11 is 4.42. The highest BCUT2D eigenvalue weighted by Gasteiger charge is 2.42. The molecule has 7 heterocycles. The van der Waals surface area contributed by atoms with Crippen LogP contribution in [0.3, 0.4) is 0 Å². The van der Waals surface area contributed by atoms with Gasteiger partial charge in [0.2, 0.25) is 10.2 Å². The van der Waals surface area contributed by atoms with E-state index in [2.05, 4.69) is 25.2 Å². The van der Waals surface area contributed by atoms with Gasteiger partial charge in [0, 0.05) is 58.5 Å². The largest absolute Gasteiger partial charge is 0.456 e. The predicted molar refractivity (Wildman–Crippen MR) is 176 cm³/mol. The summed E-state index contributed by atoms with van der Waals surface area (Å²) in [5, 5.41) is 0.930. The van der Waals surface area contributed by atoms with Crippen LogP contribution in [0.25, 0.3) is 43.1 Å². The van der Waals surface area contributed by atoms with Gasteiger partial charge in [0.05, 0.1) is 12.5 Å². The first-order chi connectivity index (χ1) is 21.4. The van der Waals surface area contributed by atoms with Gasteiger partial charge >= 0.3 is 0 Å². The monoisotopic (exact) mass is 666 g/mol. The number of hydrogen-bond donors (Lipinski definition) is 0. The topological polar surface area (TPSA) is 101 Å². The van der Waals surface area contributed by atoms with Gasteiger partial charge in [0.25, 0.3) is 10.5 Å². The first kappa shape index (κ1) is 26.1. The number of carbonyl (C=O) groups excluding carboxylic acids is 4. The van der Waals surface area contributed by atoms with E-state index in [-0.39, 0.29) is 45.5 Å². The number of likely N-dealkylation sites (N-methyl/N-ethyl adjacent to an activating group) is 2. The van der Waals surface area contributed by atoms with Crippen molar-refractivity contribution >= 4 is 97.5 Å². The van der Waals surface area contributed by atoms with Crippen LogP contribution in [0.4, 0.5) is 9.59 Å². The minimum Gasteiger partial charge on any atom is -0.456 e. The lowest BCUT2D eigenvalue weighted by Gasteiger charge is -2.16. The maximum Gasteiger partial charge on any atom is 0.294 e. The molecule has 0 spiro atoms. The summed E-state index contributed by atoms with van der Waals surface area (Å²) in [5.74, 6) is 1.65. The number of fused-ring (bicyclic) bond motifs is 3.